The zero-order chi connectivity index (χ0) is 10.1. The van der Waals surface area contributed by atoms with Crippen molar-refractivity contribution in [1.29, 1.82) is 0 Å². The molecular weight excluding hydrogens is 182 g/mol. The molecule has 4 heteroatoms. The number of rotatable bonds is 1. The molecule has 0 heterocycles. The molecule has 2 aliphatic rings. The van der Waals surface area contributed by atoms with Crippen molar-refractivity contribution in [1.82, 2.24) is 0 Å². The van der Waals surface area contributed by atoms with Gasteiger partial charge in [0, 0.05) is 18.1 Å². The van der Waals surface area contributed by atoms with E-state index in [0.717, 1.165) is 12.8 Å². The zero-order valence-corrected chi connectivity index (χ0v) is 7.73. The third-order valence-electron chi connectivity index (χ3n) is 2.84. The summed E-state index contributed by atoms with van der Waals surface area (Å²) in [5.74, 6) is 0.327. The lowest BCUT2D eigenvalue weighted by atomic mass is 9.78. The molecular formula is C10H11NO3. The minimum Gasteiger partial charge on any atom is -0.295 e. The number of hydrogen-bond acceptors (Lipinski definition) is 3. The largest absolute Gasteiger partial charge is 0.295 e. The standard InChI is InChI=1S/C10H11NO3/c12-10-3-1-2-7-4-5-8(11(13)14)6-9(7)10/h5-7H,1-4H2. The van der Waals surface area contributed by atoms with Crippen molar-refractivity contribution in [3.8, 4) is 0 Å². The van der Waals surface area contributed by atoms with Crippen LogP contribution in [0.25, 0.3) is 0 Å². The monoisotopic (exact) mass is 193 g/mol. The molecule has 0 N–H and O–H groups in total. The van der Waals surface area contributed by atoms with Gasteiger partial charge in [-0.2, -0.15) is 0 Å². The van der Waals surface area contributed by atoms with Crippen LogP contribution in [0.1, 0.15) is 25.7 Å². The highest BCUT2D eigenvalue weighted by Gasteiger charge is 2.29. The lowest BCUT2D eigenvalue weighted by molar-refractivity contribution is -0.419. The van der Waals surface area contributed by atoms with Crippen molar-refractivity contribution >= 4 is 5.78 Å². The zero-order valence-electron chi connectivity index (χ0n) is 7.73. The number of nitro groups is 1. The van der Waals surface area contributed by atoms with E-state index in [9.17, 15) is 14.9 Å². The quantitative estimate of drug-likeness (QED) is 0.471. The molecule has 1 atom stereocenters. The lowest BCUT2D eigenvalue weighted by Crippen LogP contribution is -2.22. The van der Waals surface area contributed by atoms with Gasteiger partial charge in [0.25, 0.3) is 5.70 Å². The van der Waals surface area contributed by atoms with Gasteiger partial charge in [0.1, 0.15) is 0 Å². The van der Waals surface area contributed by atoms with E-state index in [-0.39, 0.29) is 17.4 Å². The van der Waals surface area contributed by atoms with Gasteiger partial charge in [-0.15, -0.1) is 0 Å². The third kappa shape index (κ3) is 1.47. The van der Waals surface area contributed by atoms with E-state index in [0.29, 0.717) is 18.4 Å². The highest BCUT2D eigenvalue weighted by Crippen LogP contribution is 2.33. The summed E-state index contributed by atoms with van der Waals surface area (Å²) < 4.78 is 0. The fourth-order valence-corrected chi connectivity index (χ4v) is 2.09. The number of carbonyl (C=O) groups excluding carboxylic acids is 1. The van der Waals surface area contributed by atoms with Crippen LogP contribution in [-0.4, -0.2) is 10.7 Å². The van der Waals surface area contributed by atoms with E-state index in [1.807, 2.05) is 0 Å². The first-order valence-electron chi connectivity index (χ1n) is 4.78. The predicted octanol–water partition coefficient (Wildman–Crippen LogP) is 1.85. The summed E-state index contributed by atoms with van der Waals surface area (Å²) in [6.07, 6.45) is 6.17. The number of Topliss-reactive ketones (excluding diaryl/α,β-unsaturated/α-hetero) is 1. The van der Waals surface area contributed by atoms with Gasteiger partial charge in [0.05, 0.1) is 4.92 Å². The predicted molar refractivity (Wildman–Crippen MR) is 50.1 cm³/mol. The van der Waals surface area contributed by atoms with Crippen LogP contribution in [0.5, 0.6) is 0 Å². The second-order valence-electron chi connectivity index (χ2n) is 3.73. The molecule has 0 amide bonds. The summed E-state index contributed by atoms with van der Waals surface area (Å²) in [6, 6.07) is 0. The minimum atomic E-state index is -0.425. The molecule has 0 radical (unpaired) electrons. The summed E-state index contributed by atoms with van der Waals surface area (Å²) >= 11 is 0. The molecule has 14 heavy (non-hydrogen) atoms. The van der Waals surface area contributed by atoms with Gasteiger partial charge in [0.15, 0.2) is 5.78 Å². The SMILES string of the molecule is O=C1CCCC2CC=C([N+](=O)[O-])C=C12. The van der Waals surface area contributed by atoms with Crippen molar-refractivity contribution in [2.24, 2.45) is 5.92 Å². The second kappa shape index (κ2) is 3.36. The van der Waals surface area contributed by atoms with Gasteiger partial charge in [-0.1, -0.05) is 0 Å². The van der Waals surface area contributed by atoms with Crippen LogP contribution in [-0.2, 0) is 4.79 Å². The minimum absolute atomic E-state index is 0.0755. The highest BCUT2D eigenvalue weighted by atomic mass is 16.6. The molecule has 4 nitrogen and oxygen atoms in total. The number of hydrogen-bond donors (Lipinski definition) is 0. The Morgan fingerprint density at radius 3 is 3.00 bits per heavy atom. The molecule has 1 fully saturated rings. The van der Waals surface area contributed by atoms with Gasteiger partial charge in [-0.25, -0.2) is 0 Å². The fraction of sp³-hybridized carbons (Fsp3) is 0.500. The number of nitrogens with zero attached hydrogens (tertiary/aromatic N) is 1. The molecule has 2 rings (SSSR count). The van der Waals surface area contributed by atoms with Crippen molar-refractivity contribution in [3.05, 3.63) is 33.5 Å². The maximum absolute atomic E-state index is 11.5. The number of allylic oxidation sites excluding steroid dienone is 3. The van der Waals surface area contributed by atoms with Crippen LogP contribution < -0.4 is 0 Å². The summed E-state index contributed by atoms with van der Waals surface area (Å²) in [6.45, 7) is 0. The van der Waals surface area contributed by atoms with Crippen molar-refractivity contribution in [3.63, 3.8) is 0 Å². The Balaban J connectivity index is 2.29. The molecule has 1 saturated carbocycles. The molecule has 0 aromatic carbocycles. The van der Waals surface area contributed by atoms with E-state index in [4.69, 9.17) is 0 Å². The molecule has 74 valence electrons. The molecule has 0 aromatic rings. The van der Waals surface area contributed by atoms with Crippen molar-refractivity contribution < 1.29 is 9.72 Å². The van der Waals surface area contributed by atoms with Crippen molar-refractivity contribution in [2.75, 3.05) is 0 Å². The molecule has 0 aromatic heterocycles. The first-order valence-corrected chi connectivity index (χ1v) is 4.78. The highest BCUT2D eigenvalue weighted by molar-refractivity contribution is 5.97. The summed E-state index contributed by atoms with van der Waals surface area (Å²) in [7, 11) is 0. The maximum Gasteiger partial charge on any atom is 0.265 e. The number of ketones is 1. The normalized spacial score (nSPS) is 26.3. The van der Waals surface area contributed by atoms with Gasteiger partial charge < -0.3 is 0 Å². The average molecular weight is 193 g/mol. The van der Waals surface area contributed by atoms with Crippen LogP contribution in [0, 0.1) is 16.0 Å². The Hall–Kier alpha value is -1.45. The summed E-state index contributed by atoms with van der Waals surface area (Å²) in [4.78, 5) is 21.6. The third-order valence-corrected chi connectivity index (χ3v) is 2.84. The Morgan fingerprint density at radius 1 is 1.50 bits per heavy atom. The Morgan fingerprint density at radius 2 is 2.29 bits per heavy atom. The van der Waals surface area contributed by atoms with Crippen LogP contribution in [0.3, 0.4) is 0 Å². The lowest BCUT2D eigenvalue weighted by Gasteiger charge is -2.24. The first-order chi connectivity index (χ1) is 6.68. The first kappa shape index (κ1) is 9.12. The Labute approximate surface area is 81.4 Å². The van der Waals surface area contributed by atoms with Gasteiger partial charge in [-0.3, -0.25) is 14.9 Å². The van der Waals surface area contributed by atoms with Gasteiger partial charge >= 0.3 is 0 Å². The van der Waals surface area contributed by atoms with Crippen LogP contribution in [0.2, 0.25) is 0 Å². The van der Waals surface area contributed by atoms with E-state index >= 15 is 0 Å². The molecule has 1 unspecified atom stereocenters. The van der Waals surface area contributed by atoms with E-state index in [2.05, 4.69) is 0 Å². The van der Waals surface area contributed by atoms with Crippen molar-refractivity contribution in [2.45, 2.75) is 25.7 Å². The van der Waals surface area contributed by atoms with Crippen LogP contribution in [0.4, 0.5) is 0 Å². The topological polar surface area (TPSA) is 60.2 Å². The van der Waals surface area contributed by atoms with Crippen LogP contribution in [0.15, 0.2) is 23.4 Å². The molecule has 2 aliphatic carbocycles. The van der Waals surface area contributed by atoms with Gasteiger partial charge in [0.2, 0.25) is 0 Å². The molecule has 0 aliphatic heterocycles. The van der Waals surface area contributed by atoms with Gasteiger partial charge in [-0.05, 0) is 31.3 Å². The molecule has 0 bridgehead atoms. The average Bonchev–Trinajstić information content (AvgIpc) is 2.18. The Bertz CT molecular complexity index is 354. The molecule has 0 spiro atoms. The number of fused-ring (bicyclic) bond motifs is 1. The van der Waals surface area contributed by atoms with E-state index in [1.165, 1.54) is 6.08 Å². The smallest absolute Gasteiger partial charge is 0.265 e. The summed E-state index contributed by atoms with van der Waals surface area (Å²) in [5, 5.41) is 10.5. The Kier molecular flexibility index (Phi) is 2.19. The summed E-state index contributed by atoms with van der Waals surface area (Å²) in [5.41, 5.74) is 0.747. The second-order valence-corrected chi connectivity index (χ2v) is 3.73. The fourth-order valence-electron chi connectivity index (χ4n) is 2.09. The maximum atomic E-state index is 11.5. The molecule has 0 saturated heterocycles. The van der Waals surface area contributed by atoms with Crippen LogP contribution >= 0.6 is 0 Å². The number of carbonyl (C=O) groups is 1. The van der Waals surface area contributed by atoms with E-state index in [1.54, 1.807) is 6.08 Å². The van der Waals surface area contributed by atoms with E-state index < -0.39 is 4.92 Å².